The first-order chi connectivity index (χ1) is 23.8. The maximum absolute atomic E-state index is 12.5. The predicted molar refractivity (Wildman–Crippen MR) is 201 cm³/mol. The molecule has 284 valence electrons. The molecular formula is C39H70NO8P. The minimum atomic E-state index is -4.38. The van der Waals surface area contributed by atoms with E-state index in [9.17, 15) is 19.0 Å². The lowest BCUT2D eigenvalue weighted by Gasteiger charge is -2.19. The summed E-state index contributed by atoms with van der Waals surface area (Å²) in [7, 11) is -4.38. The summed E-state index contributed by atoms with van der Waals surface area (Å²) >= 11 is 0. The summed E-state index contributed by atoms with van der Waals surface area (Å²) < 4.78 is 32.6. The van der Waals surface area contributed by atoms with Crippen molar-refractivity contribution in [3.63, 3.8) is 0 Å². The third-order valence-electron chi connectivity index (χ3n) is 7.72. The van der Waals surface area contributed by atoms with Gasteiger partial charge in [-0.15, -0.1) is 0 Å². The lowest BCUT2D eigenvalue weighted by Crippen LogP contribution is -2.29. The SMILES string of the molecule is CCCCC/C=C\C/C=C\C/C=C\C/C=C\CCCCCC(=O)O[C@H](COC(=O)CCCCCCCCCCC)COP(=O)(O)OCCN. The fraction of sp³-hybridized carbons (Fsp3) is 0.744. The van der Waals surface area contributed by atoms with E-state index in [1.807, 2.05) is 0 Å². The molecule has 3 N–H and O–H groups in total. The molecule has 0 aliphatic carbocycles. The van der Waals surface area contributed by atoms with Crippen LogP contribution in [0, 0.1) is 0 Å². The number of allylic oxidation sites excluding steroid dienone is 8. The number of unbranched alkanes of at least 4 members (excludes halogenated alkanes) is 14. The zero-order valence-electron chi connectivity index (χ0n) is 30.9. The molecule has 0 radical (unpaired) electrons. The first kappa shape index (κ1) is 47.0. The Bertz CT molecular complexity index is 949. The van der Waals surface area contributed by atoms with Crippen molar-refractivity contribution in [1.29, 1.82) is 0 Å². The lowest BCUT2D eigenvalue weighted by molar-refractivity contribution is -0.161. The molecule has 0 aromatic heterocycles. The molecule has 0 fully saturated rings. The van der Waals surface area contributed by atoms with Gasteiger partial charge in [0.1, 0.15) is 6.61 Å². The molecule has 2 atom stereocenters. The van der Waals surface area contributed by atoms with Crippen molar-refractivity contribution in [2.45, 2.75) is 161 Å². The largest absolute Gasteiger partial charge is 0.472 e. The number of carbonyl (C=O) groups excluding carboxylic acids is 2. The highest BCUT2D eigenvalue weighted by molar-refractivity contribution is 7.47. The van der Waals surface area contributed by atoms with Gasteiger partial charge in [0.25, 0.3) is 0 Å². The van der Waals surface area contributed by atoms with Crippen LogP contribution in [0.5, 0.6) is 0 Å². The summed E-state index contributed by atoms with van der Waals surface area (Å²) in [5.41, 5.74) is 5.32. The van der Waals surface area contributed by atoms with E-state index in [1.54, 1.807) is 0 Å². The molecule has 0 saturated heterocycles. The van der Waals surface area contributed by atoms with Gasteiger partial charge in [-0.25, -0.2) is 4.57 Å². The molecule has 0 heterocycles. The molecule has 10 heteroatoms. The monoisotopic (exact) mass is 711 g/mol. The van der Waals surface area contributed by atoms with Crippen LogP contribution >= 0.6 is 7.82 Å². The van der Waals surface area contributed by atoms with Crippen LogP contribution < -0.4 is 5.73 Å². The second-order valence-corrected chi connectivity index (χ2v) is 13.9. The molecule has 0 saturated carbocycles. The van der Waals surface area contributed by atoms with E-state index in [4.69, 9.17) is 24.3 Å². The Morgan fingerprint density at radius 3 is 1.61 bits per heavy atom. The van der Waals surface area contributed by atoms with Crippen LogP contribution in [0.2, 0.25) is 0 Å². The van der Waals surface area contributed by atoms with Gasteiger partial charge >= 0.3 is 19.8 Å². The fourth-order valence-electron chi connectivity index (χ4n) is 4.85. The minimum Gasteiger partial charge on any atom is -0.462 e. The van der Waals surface area contributed by atoms with Crippen LogP contribution in [0.25, 0.3) is 0 Å². The Morgan fingerprint density at radius 2 is 1.06 bits per heavy atom. The second-order valence-electron chi connectivity index (χ2n) is 12.4. The number of esters is 2. The van der Waals surface area contributed by atoms with Crippen molar-refractivity contribution >= 4 is 19.8 Å². The molecule has 1 unspecified atom stereocenters. The van der Waals surface area contributed by atoms with E-state index in [2.05, 4.69) is 62.5 Å². The first-order valence-electron chi connectivity index (χ1n) is 19.1. The number of hydrogen-bond acceptors (Lipinski definition) is 8. The van der Waals surface area contributed by atoms with Gasteiger partial charge in [0, 0.05) is 19.4 Å². The number of carbonyl (C=O) groups is 2. The molecule has 0 aliphatic heterocycles. The van der Waals surface area contributed by atoms with Crippen LogP contribution in [-0.4, -0.2) is 49.3 Å². The summed E-state index contributed by atoms with van der Waals surface area (Å²) in [6, 6.07) is 0. The van der Waals surface area contributed by atoms with Gasteiger partial charge in [0.15, 0.2) is 6.10 Å². The highest BCUT2D eigenvalue weighted by Gasteiger charge is 2.25. The Kier molecular flexibility index (Phi) is 34.3. The van der Waals surface area contributed by atoms with E-state index in [1.165, 1.54) is 64.2 Å². The van der Waals surface area contributed by atoms with Crippen LogP contribution in [0.15, 0.2) is 48.6 Å². The molecular weight excluding hydrogens is 641 g/mol. The number of phosphoric acid groups is 1. The first-order valence-corrected chi connectivity index (χ1v) is 20.6. The van der Waals surface area contributed by atoms with E-state index >= 15 is 0 Å². The molecule has 0 rings (SSSR count). The predicted octanol–water partition coefficient (Wildman–Crippen LogP) is 10.4. The van der Waals surface area contributed by atoms with Gasteiger partial charge in [0.2, 0.25) is 0 Å². The van der Waals surface area contributed by atoms with Gasteiger partial charge in [-0.1, -0.05) is 133 Å². The molecule has 0 aromatic carbocycles. The number of nitrogens with two attached hydrogens (primary N) is 1. The average Bonchev–Trinajstić information content (AvgIpc) is 3.08. The Morgan fingerprint density at radius 1 is 0.612 bits per heavy atom. The van der Waals surface area contributed by atoms with Crippen LogP contribution in [-0.2, 0) is 32.7 Å². The maximum atomic E-state index is 12.5. The number of rotatable bonds is 35. The van der Waals surface area contributed by atoms with Crippen molar-refractivity contribution in [1.82, 2.24) is 0 Å². The maximum Gasteiger partial charge on any atom is 0.472 e. The van der Waals surface area contributed by atoms with Gasteiger partial charge in [0.05, 0.1) is 13.2 Å². The van der Waals surface area contributed by atoms with Crippen molar-refractivity contribution < 1.29 is 37.6 Å². The van der Waals surface area contributed by atoms with E-state index in [-0.39, 0.29) is 32.6 Å². The number of ether oxygens (including phenoxy) is 2. The van der Waals surface area contributed by atoms with Crippen LogP contribution in [0.4, 0.5) is 0 Å². The van der Waals surface area contributed by atoms with E-state index in [0.29, 0.717) is 6.42 Å². The van der Waals surface area contributed by atoms with Gasteiger partial charge < -0.3 is 20.1 Å². The highest BCUT2D eigenvalue weighted by atomic mass is 31.2. The van der Waals surface area contributed by atoms with Crippen molar-refractivity contribution in [3.8, 4) is 0 Å². The topological polar surface area (TPSA) is 134 Å². The van der Waals surface area contributed by atoms with Crippen LogP contribution in [0.1, 0.15) is 155 Å². The molecule has 9 nitrogen and oxygen atoms in total. The molecule has 0 bridgehead atoms. The standard InChI is InChI=1S/C39H70NO8P/c1-3-5-7-9-11-13-14-15-16-17-18-19-20-21-22-24-26-28-30-32-39(42)48-37(36-47-49(43,44)46-34-33-40)35-45-38(41)31-29-27-25-23-12-10-8-6-4-2/h11,13,15-16,18-19,21-22,37H,3-10,12,14,17,20,23-36,40H2,1-2H3,(H,43,44)/b13-11-,16-15-,19-18-,22-21-/t37-/m1/s1. The third-order valence-corrected chi connectivity index (χ3v) is 8.70. The number of phosphoric ester groups is 1. The van der Waals surface area contributed by atoms with Gasteiger partial charge in [-0.2, -0.15) is 0 Å². The van der Waals surface area contributed by atoms with E-state index < -0.39 is 32.5 Å². The minimum absolute atomic E-state index is 0.0468. The summed E-state index contributed by atoms with van der Waals surface area (Å²) in [6.45, 7) is 3.62. The smallest absolute Gasteiger partial charge is 0.462 e. The van der Waals surface area contributed by atoms with Crippen molar-refractivity contribution in [3.05, 3.63) is 48.6 Å². The summed E-state index contributed by atoms with van der Waals surface area (Å²) in [6.07, 6.45) is 38.6. The lowest BCUT2D eigenvalue weighted by atomic mass is 10.1. The van der Waals surface area contributed by atoms with Crippen molar-refractivity contribution in [2.24, 2.45) is 5.73 Å². The van der Waals surface area contributed by atoms with Crippen LogP contribution in [0.3, 0.4) is 0 Å². The highest BCUT2D eigenvalue weighted by Crippen LogP contribution is 2.43. The Labute approximate surface area is 298 Å². The zero-order chi connectivity index (χ0) is 36.1. The third kappa shape index (κ3) is 35.6. The van der Waals surface area contributed by atoms with Crippen molar-refractivity contribution in [2.75, 3.05) is 26.4 Å². The second kappa shape index (κ2) is 35.8. The molecule has 0 spiro atoms. The summed E-state index contributed by atoms with van der Waals surface area (Å²) in [5, 5.41) is 0. The van der Waals surface area contributed by atoms with Gasteiger partial charge in [-0.3, -0.25) is 18.6 Å². The molecule has 49 heavy (non-hydrogen) atoms. The summed E-state index contributed by atoms with van der Waals surface area (Å²) in [5.74, 6) is -0.871. The fourth-order valence-corrected chi connectivity index (χ4v) is 5.62. The number of hydrogen-bond donors (Lipinski definition) is 2. The van der Waals surface area contributed by atoms with E-state index in [0.717, 1.165) is 57.8 Å². The average molecular weight is 712 g/mol. The normalized spacial score (nSPS) is 14.0. The molecule has 0 amide bonds. The van der Waals surface area contributed by atoms with Gasteiger partial charge in [-0.05, 0) is 57.8 Å². The summed E-state index contributed by atoms with van der Waals surface area (Å²) in [4.78, 5) is 34.6. The molecule has 0 aliphatic rings. The Hall–Kier alpha value is -2.03. The Balaban J connectivity index is 4.27. The zero-order valence-corrected chi connectivity index (χ0v) is 31.8. The quantitative estimate of drug-likeness (QED) is 0.0285. The molecule has 0 aromatic rings.